The molecule has 0 atom stereocenters. The van der Waals surface area contributed by atoms with Gasteiger partial charge in [-0.25, -0.2) is 9.97 Å². The van der Waals surface area contributed by atoms with Gasteiger partial charge in [-0.1, -0.05) is 23.2 Å². The Labute approximate surface area is 141 Å². The van der Waals surface area contributed by atoms with Gasteiger partial charge in [0.15, 0.2) is 0 Å². The predicted octanol–water partition coefficient (Wildman–Crippen LogP) is 5.32. The van der Waals surface area contributed by atoms with Crippen molar-refractivity contribution in [2.45, 2.75) is 25.7 Å². The molecule has 6 heteroatoms. The molecule has 1 aliphatic rings. The molecule has 0 radical (unpaired) electrons. The highest BCUT2D eigenvalue weighted by molar-refractivity contribution is 14.1. The maximum atomic E-state index is 6.21. The Bertz CT molecular complexity index is 672. The second-order valence-electron chi connectivity index (χ2n) is 4.87. The minimum Gasteiger partial charge on any atom is -0.339 e. The van der Waals surface area contributed by atoms with E-state index in [-0.39, 0.29) is 0 Å². The number of hydrogen-bond acceptors (Lipinski definition) is 3. The standard InChI is InChI=1S/C14H12Cl2IN3/c1-7-12(16)19-14(8-2-3-8)20-13(7)18-11-5-4-9(15)6-10(11)17/h4-6,8H,2-3H2,1H3,(H,18,19,20). The number of nitrogens with one attached hydrogen (secondary N) is 1. The lowest BCUT2D eigenvalue weighted by Gasteiger charge is -2.12. The van der Waals surface area contributed by atoms with Crippen molar-refractivity contribution in [1.29, 1.82) is 0 Å². The molecule has 104 valence electrons. The number of benzene rings is 1. The smallest absolute Gasteiger partial charge is 0.138 e. The van der Waals surface area contributed by atoms with Crippen LogP contribution in [-0.4, -0.2) is 9.97 Å². The fourth-order valence-corrected chi connectivity index (χ4v) is 3.05. The van der Waals surface area contributed by atoms with Crippen LogP contribution in [0.4, 0.5) is 11.5 Å². The molecule has 0 amide bonds. The second-order valence-corrected chi connectivity index (χ2v) is 6.83. The van der Waals surface area contributed by atoms with E-state index in [0.29, 0.717) is 11.1 Å². The first-order valence-corrected chi connectivity index (χ1v) is 8.14. The van der Waals surface area contributed by atoms with Crippen molar-refractivity contribution in [3.05, 3.63) is 43.3 Å². The van der Waals surface area contributed by atoms with Gasteiger partial charge >= 0.3 is 0 Å². The summed E-state index contributed by atoms with van der Waals surface area (Å²) in [6.45, 7) is 1.92. The fraction of sp³-hybridized carbons (Fsp3) is 0.286. The van der Waals surface area contributed by atoms with Crippen molar-refractivity contribution in [1.82, 2.24) is 9.97 Å². The van der Waals surface area contributed by atoms with Crippen molar-refractivity contribution in [2.75, 3.05) is 5.32 Å². The van der Waals surface area contributed by atoms with Crippen LogP contribution in [0.2, 0.25) is 10.2 Å². The van der Waals surface area contributed by atoms with E-state index in [2.05, 4.69) is 37.9 Å². The molecule has 1 aliphatic carbocycles. The van der Waals surface area contributed by atoms with Crippen LogP contribution in [0.15, 0.2) is 18.2 Å². The first kappa shape index (κ1) is 14.4. The fourth-order valence-electron chi connectivity index (χ4n) is 1.87. The largest absolute Gasteiger partial charge is 0.339 e. The second kappa shape index (κ2) is 5.66. The third-order valence-electron chi connectivity index (χ3n) is 3.23. The molecule has 1 aromatic heterocycles. The van der Waals surface area contributed by atoms with E-state index in [0.717, 1.165) is 44.3 Å². The lowest BCUT2D eigenvalue weighted by Crippen LogP contribution is -2.03. The Morgan fingerprint density at radius 3 is 2.65 bits per heavy atom. The van der Waals surface area contributed by atoms with Crippen molar-refractivity contribution in [2.24, 2.45) is 0 Å². The first-order chi connectivity index (χ1) is 9.54. The first-order valence-electron chi connectivity index (χ1n) is 6.30. The average Bonchev–Trinajstić information content (AvgIpc) is 3.22. The molecule has 1 N–H and O–H groups in total. The maximum absolute atomic E-state index is 6.21. The van der Waals surface area contributed by atoms with Crippen LogP contribution in [0.5, 0.6) is 0 Å². The monoisotopic (exact) mass is 419 g/mol. The molecule has 3 nitrogen and oxygen atoms in total. The number of aromatic nitrogens is 2. The summed E-state index contributed by atoms with van der Waals surface area (Å²) in [6.07, 6.45) is 2.30. The van der Waals surface area contributed by atoms with Gasteiger partial charge in [-0.2, -0.15) is 0 Å². The molecule has 0 unspecified atom stereocenters. The number of anilines is 2. The highest BCUT2D eigenvalue weighted by Crippen LogP contribution is 2.40. The van der Waals surface area contributed by atoms with Gasteiger partial charge in [0.05, 0.1) is 5.69 Å². The third kappa shape index (κ3) is 3.02. The highest BCUT2D eigenvalue weighted by Gasteiger charge is 2.28. The Morgan fingerprint density at radius 1 is 1.25 bits per heavy atom. The molecule has 0 aliphatic heterocycles. The molecule has 1 aromatic carbocycles. The van der Waals surface area contributed by atoms with Crippen LogP contribution in [0, 0.1) is 10.5 Å². The summed E-state index contributed by atoms with van der Waals surface area (Å²) in [6, 6.07) is 5.70. The van der Waals surface area contributed by atoms with Gasteiger partial charge in [0, 0.05) is 20.1 Å². The molecule has 1 fully saturated rings. The summed E-state index contributed by atoms with van der Waals surface area (Å²) < 4.78 is 1.04. The average molecular weight is 420 g/mol. The molecule has 20 heavy (non-hydrogen) atoms. The van der Waals surface area contributed by atoms with E-state index in [4.69, 9.17) is 23.2 Å². The van der Waals surface area contributed by atoms with Crippen LogP contribution < -0.4 is 5.32 Å². The SMILES string of the molecule is Cc1c(Cl)nc(C2CC2)nc1Nc1ccc(Cl)cc1I. The number of halogens is 3. The number of rotatable bonds is 3. The molecule has 1 heterocycles. The van der Waals surface area contributed by atoms with Crippen molar-refractivity contribution < 1.29 is 0 Å². The Balaban J connectivity index is 1.97. The highest BCUT2D eigenvalue weighted by atomic mass is 127. The molecule has 0 saturated heterocycles. The lowest BCUT2D eigenvalue weighted by molar-refractivity contribution is 0.922. The zero-order chi connectivity index (χ0) is 14.3. The Hall–Kier alpha value is -0.590. The summed E-state index contributed by atoms with van der Waals surface area (Å²) >= 11 is 14.4. The summed E-state index contributed by atoms with van der Waals surface area (Å²) in [7, 11) is 0. The van der Waals surface area contributed by atoms with E-state index in [9.17, 15) is 0 Å². The van der Waals surface area contributed by atoms with Crippen LogP contribution in [0.1, 0.15) is 30.1 Å². The van der Waals surface area contributed by atoms with Crippen LogP contribution in [0.3, 0.4) is 0 Å². The molecular formula is C14H12Cl2IN3. The number of nitrogens with zero attached hydrogens (tertiary/aromatic N) is 2. The van der Waals surface area contributed by atoms with Gasteiger partial charge in [0.2, 0.25) is 0 Å². The third-order valence-corrected chi connectivity index (χ3v) is 4.73. The molecule has 0 spiro atoms. The zero-order valence-electron chi connectivity index (χ0n) is 10.8. The van der Waals surface area contributed by atoms with Crippen molar-refractivity contribution >= 4 is 57.3 Å². The minimum absolute atomic E-state index is 0.470. The topological polar surface area (TPSA) is 37.8 Å². The molecule has 1 saturated carbocycles. The van der Waals surface area contributed by atoms with Crippen molar-refractivity contribution in [3.8, 4) is 0 Å². The number of hydrogen-bond donors (Lipinski definition) is 1. The van der Waals surface area contributed by atoms with Crippen molar-refractivity contribution in [3.63, 3.8) is 0 Å². The molecule has 2 aromatic rings. The van der Waals surface area contributed by atoms with Crippen LogP contribution >= 0.6 is 45.8 Å². The van der Waals surface area contributed by atoms with Gasteiger partial charge in [-0.3, -0.25) is 0 Å². The Morgan fingerprint density at radius 2 is 2.00 bits per heavy atom. The van der Waals surface area contributed by atoms with Crippen LogP contribution in [-0.2, 0) is 0 Å². The zero-order valence-corrected chi connectivity index (χ0v) is 14.4. The predicted molar refractivity (Wildman–Crippen MR) is 91.2 cm³/mol. The normalized spacial score (nSPS) is 14.4. The van der Waals surface area contributed by atoms with E-state index < -0.39 is 0 Å². The summed E-state index contributed by atoms with van der Waals surface area (Å²) in [5.41, 5.74) is 1.83. The van der Waals surface area contributed by atoms with E-state index >= 15 is 0 Å². The van der Waals surface area contributed by atoms with Crippen LogP contribution in [0.25, 0.3) is 0 Å². The van der Waals surface area contributed by atoms with Gasteiger partial charge < -0.3 is 5.32 Å². The molecule has 0 bridgehead atoms. The van der Waals surface area contributed by atoms with Gasteiger partial charge in [0.1, 0.15) is 16.8 Å². The van der Waals surface area contributed by atoms with E-state index in [1.54, 1.807) is 0 Å². The Kier molecular flexibility index (Phi) is 4.06. The quantitative estimate of drug-likeness (QED) is 0.540. The van der Waals surface area contributed by atoms with Gasteiger partial charge in [-0.05, 0) is 60.6 Å². The minimum atomic E-state index is 0.470. The van der Waals surface area contributed by atoms with Gasteiger partial charge in [-0.15, -0.1) is 0 Å². The summed E-state index contributed by atoms with van der Waals surface area (Å²) in [5, 5.41) is 4.57. The lowest BCUT2D eigenvalue weighted by atomic mass is 10.2. The van der Waals surface area contributed by atoms with E-state index in [1.807, 2.05) is 25.1 Å². The molecule has 3 rings (SSSR count). The van der Waals surface area contributed by atoms with Gasteiger partial charge in [0.25, 0.3) is 0 Å². The maximum Gasteiger partial charge on any atom is 0.138 e. The summed E-state index contributed by atoms with van der Waals surface area (Å²) in [5.74, 6) is 2.08. The summed E-state index contributed by atoms with van der Waals surface area (Å²) in [4.78, 5) is 8.98. The molecular weight excluding hydrogens is 408 g/mol. The van der Waals surface area contributed by atoms with E-state index in [1.165, 1.54) is 0 Å².